The number of nitrogens with one attached hydrogen (secondary N) is 1. The van der Waals surface area contributed by atoms with Crippen LogP contribution in [0.25, 0.3) is 0 Å². The first-order chi connectivity index (χ1) is 4.45. The zero-order valence-electron chi connectivity index (χ0n) is 5.43. The standard InChI is InChI=1S/C2H6NO6P.Ba/c4-2(3-5)1-9-10(6,7)8;/h5H,1H2,(H,3,4)(H2,6,7,8);. The minimum Gasteiger partial charge on any atom is -0.303 e. The van der Waals surface area contributed by atoms with Crippen LogP contribution in [-0.4, -0.2) is 76.4 Å². The number of amides is 1. The Morgan fingerprint density at radius 2 is 2.00 bits per heavy atom. The van der Waals surface area contributed by atoms with Gasteiger partial charge in [-0.15, -0.1) is 0 Å². The number of carbonyl (C=O) groups excluding carboxylic acids is 1. The first-order valence-electron chi connectivity index (χ1n) is 2.09. The van der Waals surface area contributed by atoms with Crippen LogP contribution in [0.3, 0.4) is 0 Å². The third-order valence-corrected chi connectivity index (χ3v) is 0.954. The van der Waals surface area contributed by atoms with E-state index in [0.717, 1.165) is 5.48 Å². The molecule has 0 saturated heterocycles. The molecule has 0 bridgehead atoms. The molecule has 1 amide bonds. The predicted molar refractivity (Wildman–Crippen MR) is 33.7 cm³/mol. The largest absolute Gasteiger partial charge is 0.470 e. The van der Waals surface area contributed by atoms with Crippen molar-refractivity contribution in [3.63, 3.8) is 0 Å². The van der Waals surface area contributed by atoms with E-state index < -0.39 is 20.3 Å². The molecule has 0 fully saturated rings. The van der Waals surface area contributed by atoms with E-state index in [1.807, 2.05) is 0 Å². The predicted octanol–water partition coefficient (Wildman–Crippen LogP) is -1.78. The van der Waals surface area contributed by atoms with Crippen LogP contribution in [0.1, 0.15) is 0 Å². The number of carbonyl (C=O) groups is 1. The molecule has 11 heavy (non-hydrogen) atoms. The fourth-order valence-corrected chi connectivity index (χ4v) is 0.460. The van der Waals surface area contributed by atoms with Crippen molar-refractivity contribution in [2.75, 3.05) is 6.61 Å². The molecule has 0 aromatic carbocycles. The van der Waals surface area contributed by atoms with Gasteiger partial charge in [0.25, 0.3) is 5.91 Å². The molecule has 0 aliphatic rings. The first-order valence-corrected chi connectivity index (χ1v) is 3.62. The summed E-state index contributed by atoms with van der Waals surface area (Å²) >= 11 is 0. The van der Waals surface area contributed by atoms with E-state index in [9.17, 15) is 9.36 Å². The third kappa shape index (κ3) is 11.1. The van der Waals surface area contributed by atoms with Crippen molar-refractivity contribution in [2.24, 2.45) is 0 Å². The SMILES string of the molecule is O=C(COP(=O)(O)O)NO.[Ba]. The van der Waals surface area contributed by atoms with Crippen molar-refractivity contribution in [1.82, 2.24) is 5.48 Å². The van der Waals surface area contributed by atoms with Crippen molar-refractivity contribution in [3.8, 4) is 0 Å². The third-order valence-electron chi connectivity index (χ3n) is 0.489. The van der Waals surface area contributed by atoms with Crippen molar-refractivity contribution < 1.29 is 28.9 Å². The Bertz CT molecular complexity index is 166. The van der Waals surface area contributed by atoms with E-state index in [1.54, 1.807) is 0 Å². The molecule has 0 atom stereocenters. The minimum absolute atomic E-state index is 0. The molecular weight excluding hydrogens is 302 g/mol. The number of hydrogen-bond acceptors (Lipinski definition) is 4. The van der Waals surface area contributed by atoms with Crippen molar-refractivity contribution in [3.05, 3.63) is 0 Å². The number of hydroxylamine groups is 1. The van der Waals surface area contributed by atoms with Crippen LogP contribution in [0, 0.1) is 0 Å². The molecular formula is C2H6BaNO6P. The van der Waals surface area contributed by atoms with E-state index in [-0.39, 0.29) is 48.9 Å². The Morgan fingerprint density at radius 3 is 2.27 bits per heavy atom. The molecule has 0 aliphatic carbocycles. The van der Waals surface area contributed by atoms with Crippen LogP contribution >= 0.6 is 7.82 Å². The van der Waals surface area contributed by atoms with Gasteiger partial charge in [-0.1, -0.05) is 0 Å². The minimum atomic E-state index is -4.60. The van der Waals surface area contributed by atoms with Gasteiger partial charge in [-0.3, -0.25) is 14.5 Å². The van der Waals surface area contributed by atoms with Gasteiger partial charge in [0.05, 0.1) is 0 Å². The second-order valence-electron chi connectivity index (χ2n) is 1.30. The van der Waals surface area contributed by atoms with Gasteiger partial charge in [0.1, 0.15) is 6.61 Å². The van der Waals surface area contributed by atoms with Gasteiger partial charge in [-0.25, -0.2) is 10.0 Å². The van der Waals surface area contributed by atoms with E-state index in [4.69, 9.17) is 15.0 Å². The summed E-state index contributed by atoms with van der Waals surface area (Å²) in [6.07, 6.45) is 0. The number of hydrogen-bond donors (Lipinski definition) is 4. The fraction of sp³-hybridized carbons (Fsp3) is 0.500. The summed E-state index contributed by atoms with van der Waals surface area (Å²) in [5.41, 5.74) is 1.13. The van der Waals surface area contributed by atoms with Crippen molar-refractivity contribution in [1.29, 1.82) is 0 Å². The van der Waals surface area contributed by atoms with E-state index in [0.29, 0.717) is 0 Å². The van der Waals surface area contributed by atoms with Crippen LogP contribution in [-0.2, 0) is 13.9 Å². The summed E-state index contributed by atoms with van der Waals surface area (Å²) in [6, 6.07) is 0. The quantitative estimate of drug-likeness (QED) is 0.212. The maximum Gasteiger partial charge on any atom is 0.470 e. The molecule has 2 radical (unpaired) electrons. The van der Waals surface area contributed by atoms with Gasteiger partial charge < -0.3 is 9.79 Å². The Labute approximate surface area is 102 Å². The molecule has 62 valence electrons. The Morgan fingerprint density at radius 1 is 1.55 bits per heavy atom. The van der Waals surface area contributed by atoms with Crippen LogP contribution in [0.15, 0.2) is 0 Å². The van der Waals surface area contributed by atoms with Crippen LogP contribution in [0.4, 0.5) is 0 Å². The molecule has 0 spiro atoms. The van der Waals surface area contributed by atoms with E-state index in [2.05, 4.69) is 4.52 Å². The Kier molecular flexibility index (Phi) is 8.79. The first kappa shape index (κ1) is 14.6. The van der Waals surface area contributed by atoms with Crippen molar-refractivity contribution in [2.45, 2.75) is 0 Å². The Balaban J connectivity index is 0. The molecule has 0 rings (SSSR count). The molecule has 0 unspecified atom stereocenters. The number of phosphoric ester groups is 1. The van der Waals surface area contributed by atoms with Gasteiger partial charge in [0.15, 0.2) is 0 Å². The average molecular weight is 308 g/mol. The summed E-state index contributed by atoms with van der Waals surface area (Å²) in [5, 5.41) is 7.80. The number of phosphoric acid groups is 1. The van der Waals surface area contributed by atoms with Crippen LogP contribution in [0.2, 0.25) is 0 Å². The van der Waals surface area contributed by atoms with Crippen LogP contribution < -0.4 is 5.48 Å². The average Bonchev–Trinajstić information content (AvgIpc) is 1.81. The second-order valence-corrected chi connectivity index (χ2v) is 2.54. The maximum absolute atomic E-state index is 10.0. The molecule has 9 heteroatoms. The summed E-state index contributed by atoms with van der Waals surface area (Å²) in [6.45, 7) is -0.874. The smallest absolute Gasteiger partial charge is 0.303 e. The van der Waals surface area contributed by atoms with Gasteiger partial charge >= 0.3 is 7.82 Å². The summed E-state index contributed by atoms with van der Waals surface area (Å²) in [7, 11) is -4.60. The molecule has 0 saturated carbocycles. The summed E-state index contributed by atoms with van der Waals surface area (Å²) in [5.74, 6) is -1.02. The van der Waals surface area contributed by atoms with E-state index >= 15 is 0 Å². The normalized spacial score (nSPS) is 10.1. The number of rotatable bonds is 3. The van der Waals surface area contributed by atoms with Crippen LogP contribution in [0.5, 0.6) is 0 Å². The van der Waals surface area contributed by atoms with E-state index in [1.165, 1.54) is 0 Å². The van der Waals surface area contributed by atoms with Gasteiger partial charge in [-0.05, 0) is 0 Å². The summed E-state index contributed by atoms with van der Waals surface area (Å²) < 4.78 is 13.5. The van der Waals surface area contributed by atoms with Gasteiger partial charge in [-0.2, -0.15) is 0 Å². The summed E-state index contributed by atoms with van der Waals surface area (Å²) in [4.78, 5) is 26.0. The fourth-order valence-electron chi connectivity index (χ4n) is 0.175. The molecule has 0 aromatic rings. The molecule has 0 aromatic heterocycles. The topological polar surface area (TPSA) is 116 Å². The maximum atomic E-state index is 10.0. The monoisotopic (exact) mass is 309 g/mol. The zero-order chi connectivity index (χ0) is 8.20. The zero-order valence-corrected chi connectivity index (χ0v) is 10.8. The molecule has 7 nitrogen and oxygen atoms in total. The Hall–Kier alpha value is 1.11. The molecule has 0 aliphatic heterocycles. The van der Waals surface area contributed by atoms with Gasteiger partial charge in [0.2, 0.25) is 0 Å². The second kappa shape index (κ2) is 6.61. The molecule has 4 N–H and O–H groups in total. The van der Waals surface area contributed by atoms with Crippen molar-refractivity contribution >= 4 is 62.6 Å². The molecule has 0 heterocycles. The van der Waals surface area contributed by atoms with Gasteiger partial charge in [0, 0.05) is 48.9 Å².